The number of fused-ring (bicyclic) bond motifs is 1. The van der Waals surface area contributed by atoms with Gasteiger partial charge in [-0.25, -0.2) is 0 Å². The lowest BCUT2D eigenvalue weighted by Crippen LogP contribution is -2.40. The maximum absolute atomic E-state index is 13.1. The maximum atomic E-state index is 13.1. The Morgan fingerprint density at radius 2 is 1.75 bits per heavy atom. The average molecular weight is 373 g/mol. The third-order valence-corrected chi connectivity index (χ3v) is 4.67. The van der Waals surface area contributed by atoms with Crippen LogP contribution >= 0.6 is 0 Å². The van der Waals surface area contributed by atoms with Crippen molar-refractivity contribution in [2.24, 2.45) is 0 Å². The van der Waals surface area contributed by atoms with Gasteiger partial charge in [0.05, 0.1) is 31.8 Å². The second-order valence-electron chi connectivity index (χ2n) is 6.51. The van der Waals surface area contributed by atoms with Crippen molar-refractivity contribution in [1.29, 1.82) is 5.26 Å². The highest BCUT2D eigenvalue weighted by atomic mass is 16.5. The fourth-order valence-electron chi connectivity index (χ4n) is 3.19. The van der Waals surface area contributed by atoms with Gasteiger partial charge in [0.1, 0.15) is 5.75 Å². The van der Waals surface area contributed by atoms with Crippen LogP contribution in [0.3, 0.4) is 0 Å². The summed E-state index contributed by atoms with van der Waals surface area (Å²) in [6, 6.07) is 23.8. The van der Waals surface area contributed by atoms with E-state index in [0.29, 0.717) is 18.0 Å². The van der Waals surface area contributed by atoms with E-state index in [1.54, 1.807) is 12.0 Å². The summed E-state index contributed by atoms with van der Waals surface area (Å²) in [4.78, 5) is 16.6. The van der Waals surface area contributed by atoms with Crippen LogP contribution in [0.25, 0.3) is 10.8 Å². The van der Waals surface area contributed by atoms with Gasteiger partial charge in [-0.1, -0.05) is 42.5 Å². The number of nitrogens with zero attached hydrogens (tertiary/aromatic N) is 3. The Morgan fingerprint density at radius 1 is 1.04 bits per heavy atom. The van der Waals surface area contributed by atoms with Crippen molar-refractivity contribution in [1.82, 2.24) is 0 Å². The Balaban J connectivity index is 1.83. The molecule has 0 atom stereocenters. The van der Waals surface area contributed by atoms with Gasteiger partial charge in [-0.3, -0.25) is 4.79 Å². The van der Waals surface area contributed by atoms with Gasteiger partial charge in [-0.15, -0.1) is 0 Å². The van der Waals surface area contributed by atoms with Crippen LogP contribution in [0.5, 0.6) is 5.75 Å². The second kappa shape index (κ2) is 8.92. The quantitative estimate of drug-likeness (QED) is 0.622. The highest BCUT2D eigenvalue weighted by molar-refractivity contribution is 5.98. The van der Waals surface area contributed by atoms with Gasteiger partial charge < -0.3 is 14.5 Å². The molecule has 0 aliphatic heterocycles. The van der Waals surface area contributed by atoms with Crippen molar-refractivity contribution < 1.29 is 9.53 Å². The molecule has 5 heteroatoms. The maximum Gasteiger partial charge on any atom is 0.246 e. The number of nitriles is 1. The molecule has 0 aromatic heterocycles. The summed E-state index contributed by atoms with van der Waals surface area (Å²) in [6.45, 7) is 0.517. The van der Waals surface area contributed by atoms with E-state index in [1.165, 1.54) is 0 Å². The van der Waals surface area contributed by atoms with E-state index >= 15 is 0 Å². The number of amides is 1. The van der Waals surface area contributed by atoms with Crippen LogP contribution in [0.1, 0.15) is 6.42 Å². The molecule has 0 fully saturated rings. The summed E-state index contributed by atoms with van der Waals surface area (Å²) in [5.41, 5.74) is 1.64. The Morgan fingerprint density at radius 3 is 2.50 bits per heavy atom. The number of hydrogen-bond donors (Lipinski definition) is 0. The number of para-hydroxylation sites is 2. The molecule has 0 radical (unpaired) electrons. The molecule has 3 rings (SSSR count). The summed E-state index contributed by atoms with van der Waals surface area (Å²) < 4.78 is 5.40. The lowest BCUT2D eigenvalue weighted by molar-refractivity contribution is -0.117. The lowest BCUT2D eigenvalue weighted by atomic mass is 10.1. The predicted octanol–water partition coefficient (Wildman–Crippen LogP) is 4.23. The predicted molar refractivity (Wildman–Crippen MR) is 113 cm³/mol. The van der Waals surface area contributed by atoms with Gasteiger partial charge in [0.15, 0.2) is 0 Å². The van der Waals surface area contributed by atoms with Crippen LogP contribution in [0.2, 0.25) is 0 Å². The summed E-state index contributed by atoms with van der Waals surface area (Å²) in [7, 11) is 3.47. The van der Waals surface area contributed by atoms with E-state index < -0.39 is 0 Å². The minimum absolute atomic E-state index is 0.0876. The van der Waals surface area contributed by atoms with Gasteiger partial charge >= 0.3 is 0 Å². The van der Waals surface area contributed by atoms with Crippen LogP contribution in [-0.4, -0.2) is 33.2 Å². The molecular weight excluding hydrogens is 350 g/mol. The largest absolute Gasteiger partial charge is 0.495 e. The summed E-state index contributed by atoms with van der Waals surface area (Å²) in [5.74, 6) is 0.526. The van der Waals surface area contributed by atoms with Crippen molar-refractivity contribution in [3.8, 4) is 11.8 Å². The smallest absolute Gasteiger partial charge is 0.246 e. The zero-order valence-corrected chi connectivity index (χ0v) is 16.1. The summed E-state index contributed by atoms with van der Waals surface area (Å²) in [5, 5.41) is 11.3. The molecule has 0 N–H and O–H groups in total. The molecule has 0 spiro atoms. The molecule has 0 saturated carbocycles. The van der Waals surface area contributed by atoms with Crippen molar-refractivity contribution >= 4 is 28.1 Å². The Kier molecular flexibility index (Phi) is 6.13. The molecule has 28 heavy (non-hydrogen) atoms. The van der Waals surface area contributed by atoms with E-state index in [1.807, 2.05) is 54.4 Å². The number of ether oxygens (including phenoxy) is 1. The fraction of sp³-hybridized carbons (Fsp3) is 0.217. The molecule has 0 aliphatic carbocycles. The molecule has 0 heterocycles. The molecule has 0 aliphatic rings. The van der Waals surface area contributed by atoms with E-state index in [4.69, 9.17) is 10.00 Å². The topological polar surface area (TPSA) is 56.6 Å². The Bertz CT molecular complexity index is 1010. The number of hydrogen-bond acceptors (Lipinski definition) is 4. The summed E-state index contributed by atoms with van der Waals surface area (Å²) in [6.07, 6.45) is 0.253. The first-order valence-corrected chi connectivity index (χ1v) is 9.14. The second-order valence-corrected chi connectivity index (χ2v) is 6.51. The highest BCUT2D eigenvalue weighted by Gasteiger charge is 2.20. The number of likely N-dealkylation sites (N-methyl/N-ethyl adjacent to an activating group) is 1. The van der Waals surface area contributed by atoms with Gasteiger partial charge in [0, 0.05) is 19.3 Å². The van der Waals surface area contributed by atoms with Gasteiger partial charge in [-0.2, -0.15) is 5.26 Å². The number of carbonyl (C=O) groups is 1. The third-order valence-electron chi connectivity index (χ3n) is 4.67. The molecule has 0 saturated heterocycles. The van der Waals surface area contributed by atoms with Gasteiger partial charge in [0.2, 0.25) is 5.91 Å². The van der Waals surface area contributed by atoms with E-state index in [2.05, 4.69) is 30.3 Å². The van der Waals surface area contributed by atoms with Gasteiger partial charge in [0.25, 0.3) is 0 Å². The molecule has 1 amide bonds. The normalized spacial score (nSPS) is 10.3. The van der Waals surface area contributed by atoms with E-state index in [0.717, 1.165) is 16.5 Å². The van der Waals surface area contributed by atoms with Crippen LogP contribution < -0.4 is 14.5 Å². The molecule has 142 valence electrons. The molecule has 5 nitrogen and oxygen atoms in total. The lowest BCUT2D eigenvalue weighted by Gasteiger charge is -2.27. The minimum Gasteiger partial charge on any atom is -0.495 e. The Hall–Kier alpha value is -3.52. The highest BCUT2D eigenvalue weighted by Crippen LogP contribution is 2.28. The molecule has 0 unspecified atom stereocenters. The van der Waals surface area contributed by atoms with Crippen LogP contribution in [0.15, 0.2) is 66.7 Å². The van der Waals surface area contributed by atoms with Crippen LogP contribution in [-0.2, 0) is 4.79 Å². The monoisotopic (exact) mass is 373 g/mol. The SMILES string of the molecule is COc1ccccc1N(CCC#N)C(=O)CN(C)c1ccc2ccccc2c1. The Labute approximate surface area is 165 Å². The van der Waals surface area contributed by atoms with Crippen molar-refractivity contribution in [3.63, 3.8) is 0 Å². The minimum atomic E-state index is -0.0876. The fourth-order valence-corrected chi connectivity index (χ4v) is 3.19. The van der Waals surface area contributed by atoms with Crippen LogP contribution in [0, 0.1) is 11.3 Å². The first-order chi connectivity index (χ1) is 13.6. The van der Waals surface area contributed by atoms with Gasteiger partial charge in [-0.05, 0) is 35.0 Å². The van der Waals surface area contributed by atoms with Crippen molar-refractivity contribution in [2.75, 3.05) is 37.0 Å². The molecule has 3 aromatic carbocycles. The third kappa shape index (κ3) is 4.24. The first-order valence-electron chi connectivity index (χ1n) is 9.14. The molecule has 0 bridgehead atoms. The first kappa shape index (κ1) is 19.2. The number of benzene rings is 3. The number of anilines is 2. The molecule has 3 aromatic rings. The number of rotatable bonds is 7. The molecular formula is C23H23N3O2. The zero-order chi connectivity index (χ0) is 19.9. The number of carbonyl (C=O) groups excluding carboxylic acids is 1. The average Bonchev–Trinajstić information content (AvgIpc) is 2.74. The zero-order valence-electron chi connectivity index (χ0n) is 16.1. The van der Waals surface area contributed by atoms with Crippen LogP contribution in [0.4, 0.5) is 11.4 Å². The number of methoxy groups -OCH3 is 1. The van der Waals surface area contributed by atoms with Crippen molar-refractivity contribution in [3.05, 3.63) is 66.7 Å². The van der Waals surface area contributed by atoms with E-state index in [-0.39, 0.29) is 18.9 Å². The van der Waals surface area contributed by atoms with Crippen molar-refractivity contribution in [2.45, 2.75) is 6.42 Å². The van der Waals surface area contributed by atoms with E-state index in [9.17, 15) is 4.79 Å². The standard InChI is InChI=1S/C23H23N3O2/c1-25(20-13-12-18-8-3-4-9-19(18)16-20)17-23(27)26(15-7-14-24)21-10-5-6-11-22(21)28-2/h3-6,8-13,16H,7,15,17H2,1-2H3. The summed E-state index contributed by atoms with van der Waals surface area (Å²) >= 11 is 0.